The molecule has 2 N–H and O–H groups in total. The first-order chi connectivity index (χ1) is 5.68. The van der Waals surface area contributed by atoms with Gasteiger partial charge in [0.15, 0.2) is 5.82 Å². The lowest BCUT2D eigenvalue weighted by atomic mass is 10.4. The van der Waals surface area contributed by atoms with E-state index in [0.717, 1.165) is 0 Å². The Bertz CT molecular complexity index is 434. The Morgan fingerprint density at radius 1 is 1.58 bits per heavy atom. The average molecular weight is 166 g/mol. The molecule has 0 spiro atoms. The van der Waals surface area contributed by atoms with Gasteiger partial charge in [-0.2, -0.15) is 4.39 Å². The fourth-order valence-corrected chi connectivity index (χ4v) is 1.12. The Labute approximate surface area is 67.8 Å². The number of aromatic nitrogens is 3. The second kappa shape index (κ2) is 2.17. The van der Waals surface area contributed by atoms with Crippen LogP contribution < -0.4 is 5.73 Å². The SMILES string of the molecule is Cn1cnc2c(N)nc(F)cc21. The van der Waals surface area contributed by atoms with Gasteiger partial charge in [-0.25, -0.2) is 9.97 Å². The van der Waals surface area contributed by atoms with Crippen molar-refractivity contribution in [1.29, 1.82) is 0 Å². The van der Waals surface area contributed by atoms with Crippen LogP contribution in [0.5, 0.6) is 0 Å². The lowest BCUT2D eigenvalue weighted by Gasteiger charge is -1.96. The van der Waals surface area contributed by atoms with Gasteiger partial charge in [0.05, 0.1) is 11.8 Å². The first-order valence-electron chi connectivity index (χ1n) is 3.41. The number of hydrogen-bond acceptors (Lipinski definition) is 3. The number of fused-ring (bicyclic) bond motifs is 1. The van der Waals surface area contributed by atoms with Gasteiger partial charge in [0.25, 0.3) is 0 Å². The Morgan fingerprint density at radius 2 is 2.33 bits per heavy atom. The zero-order chi connectivity index (χ0) is 8.72. The first-order valence-corrected chi connectivity index (χ1v) is 3.41. The van der Waals surface area contributed by atoms with Gasteiger partial charge >= 0.3 is 0 Å². The van der Waals surface area contributed by atoms with Gasteiger partial charge in [-0.1, -0.05) is 0 Å². The molecule has 0 radical (unpaired) electrons. The predicted octanol–water partition coefficient (Wildman–Crippen LogP) is 0.690. The van der Waals surface area contributed by atoms with Crippen molar-refractivity contribution >= 4 is 16.9 Å². The van der Waals surface area contributed by atoms with Gasteiger partial charge in [0, 0.05) is 13.1 Å². The Hall–Kier alpha value is -1.65. The summed E-state index contributed by atoms with van der Waals surface area (Å²) in [5.41, 5.74) is 6.64. The van der Waals surface area contributed by atoms with E-state index in [-0.39, 0.29) is 5.82 Å². The molecule has 0 aliphatic heterocycles. The smallest absolute Gasteiger partial charge is 0.217 e. The summed E-state index contributed by atoms with van der Waals surface area (Å²) in [6, 6.07) is 1.30. The highest BCUT2D eigenvalue weighted by Crippen LogP contribution is 2.16. The van der Waals surface area contributed by atoms with E-state index >= 15 is 0 Å². The maximum Gasteiger partial charge on any atom is 0.217 e. The van der Waals surface area contributed by atoms with Crippen LogP contribution in [0.3, 0.4) is 0 Å². The maximum atomic E-state index is 12.7. The van der Waals surface area contributed by atoms with E-state index < -0.39 is 5.95 Å². The van der Waals surface area contributed by atoms with Gasteiger partial charge in [0.2, 0.25) is 5.95 Å². The summed E-state index contributed by atoms with van der Waals surface area (Å²) in [6.45, 7) is 0. The number of aryl methyl sites for hydroxylation is 1. The van der Waals surface area contributed by atoms with Crippen molar-refractivity contribution in [1.82, 2.24) is 14.5 Å². The standard InChI is InChI=1S/C7H7FN4/c1-12-3-10-6-4(12)2-5(8)11-7(6)9/h2-3H,1H3,(H2,9,11). The second-order valence-corrected chi connectivity index (χ2v) is 2.55. The van der Waals surface area contributed by atoms with Gasteiger partial charge in [-0.05, 0) is 0 Å². The quantitative estimate of drug-likeness (QED) is 0.586. The van der Waals surface area contributed by atoms with Crippen LogP contribution in [0.15, 0.2) is 12.4 Å². The number of nitrogens with two attached hydrogens (primary N) is 1. The molecule has 62 valence electrons. The Morgan fingerprint density at radius 3 is 3.08 bits per heavy atom. The number of anilines is 1. The van der Waals surface area contributed by atoms with Crippen LogP contribution in [-0.4, -0.2) is 14.5 Å². The molecule has 0 saturated carbocycles. The van der Waals surface area contributed by atoms with Crippen molar-refractivity contribution in [2.75, 3.05) is 5.73 Å². The largest absolute Gasteiger partial charge is 0.382 e. The summed E-state index contributed by atoms with van der Waals surface area (Å²) in [5.74, 6) is -0.450. The lowest BCUT2D eigenvalue weighted by molar-refractivity contribution is 0.587. The zero-order valence-electron chi connectivity index (χ0n) is 6.45. The van der Waals surface area contributed by atoms with Gasteiger partial charge in [-0.3, -0.25) is 0 Å². The summed E-state index contributed by atoms with van der Waals surface area (Å²) in [7, 11) is 1.77. The molecule has 0 aromatic carbocycles. The van der Waals surface area contributed by atoms with Crippen LogP contribution in [0.4, 0.5) is 10.2 Å². The minimum Gasteiger partial charge on any atom is -0.382 e. The predicted molar refractivity (Wildman–Crippen MR) is 42.9 cm³/mol. The third kappa shape index (κ3) is 0.827. The van der Waals surface area contributed by atoms with Gasteiger partial charge < -0.3 is 10.3 Å². The topological polar surface area (TPSA) is 56.7 Å². The molecule has 2 aromatic rings. The van der Waals surface area contributed by atoms with E-state index in [1.807, 2.05) is 0 Å². The number of halogens is 1. The maximum absolute atomic E-state index is 12.7. The normalized spacial score (nSPS) is 10.8. The summed E-state index contributed by atoms with van der Waals surface area (Å²) in [4.78, 5) is 7.42. The molecular formula is C7H7FN4. The summed E-state index contributed by atoms with van der Waals surface area (Å²) in [5, 5.41) is 0. The molecular weight excluding hydrogens is 159 g/mol. The van der Waals surface area contributed by atoms with Crippen molar-refractivity contribution in [2.24, 2.45) is 7.05 Å². The molecule has 2 heterocycles. The Kier molecular flexibility index (Phi) is 1.27. The fourth-order valence-electron chi connectivity index (χ4n) is 1.12. The highest BCUT2D eigenvalue weighted by Gasteiger charge is 2.06. The monoisotopic (exact) mass is 166 g/mol. The van der Waals surface area contributed by atoms with E-state index in [1.165, 1.54) is 6.07 Å². The zero-order valence-corrected chi connectivity index (χ0v) is 6.45. The molecule has 2 aromatic heterocycles. The number of hydrogen-bond donors (Lipinski definition) is 1. The molecule has 12 heavy (non-hydrogen) atoms. The molecule has 0 amide bonds. The van der Waals surface area contributed by atoms with Crippen LogP contribution >= 0.6 is 0 Å². The van der Waals surface area contributed by atoms with Crippen molar-refractivity contribution < 1.29 is 4.39 Å². The molecule has 0 aliphatic rings. The number of pyridine rings is 1. The highest BCUT2D eigenvalue weighted by molar-refractivity contribution is 5.84. The number of imidazole rings is 1. The molecule has 4 nitrogen and oxygen atoms in total. The van der Waals surface area contributed by atoms with Crippen LogP contribution in [0.1, 0.15) is 0 Å². The molecule has 0 bridgehead atoms. The molecule has 0 aliphatic carbocycles. The minimum absolute atomic E-state index is 0.130. The molecule has 0 fully saturated rings. The summed E-state index contributed by atoms with van der Waals surface area (Å²) in [6.07, 6.45) is 1.57. The van der Waals surface area contributed by atoms with E-state index in [1.54, 1.807) is 17.9 Å². The fraction of sp³-hybridized carbons (Fsp3) is 0.143. The van der Waals surface area contributed by atoms with Crippen molar-refractivity contribution in [3.05, 3.63) is 18.3 Å². The van der Waals surface area contributed by atoms with Crippen molar-refractivity contribution in [2.45, 2.75) is 0 Å². The van der Waals surface area contributed by atoms with Crippen molar-refractivity contribution in [3.63, 3.8) is 0 Å². The van der Waals surface area contributed by atoms with Gasteiger partial charge in [-0.15, -0.1) is 0 Å². The molecule has 2 rings (SSSR count). The first kappa shape index (κ1) is 7.02. The van der Waals surface area contributed by atoms with E-state index in [0.29, 0.717) is 11.0 Å². The van der Waals surface area contributed by atoms with Crippen LogP contribution in [0, 0.1) is 5.95 Å². The highest BCUT2D eigenvalue weighted by atomic mass is 19.1. The number of nitrogens with zero attached hydrogens (tertiary/aromatic N) is 3. The third-order valence-corrected chi connectivity index (χ3v) is 1.71. The van der Waals surface area contributed by atoms with Crippen LogP contribution in [0.2, 0.25) is 0 Å². The van der Waals surface area contributed by atoms with Gasteiger partial charge in [0.1, 0.15) is 5.52 Å². The van der Waals surface area contributed by atoms with E-state index in [2.05, 4.69) is 9.97 Å². The molecule has 0 saturated heterocycles. The minimum atomic E-state index is -0.580. The van der Waals surface area contributed by atoms with Crippen LogP contribution in [0.25, 0.3) is 11.0 Å². The molecule has 5 heteroatoms. The number of nitrogen functional groups attached to an aromatic ring is 1. The third-order valence-electron chi connectivity index (χ3n) is 1.71. The summed E-state index contributed by atoms with van der Waals surface area (Å²) >= 11 is 0. The van der Waals surface area contributed by atoms with E-state index in [9.17, 15) is 4.39 Å². The number of rotatable bonds is 0. The Balaban J connectivity index is 2.92. The average Bonchev–Trinajstić information content (AvgIpc) is 2.33. The summed E-state index contributed by atoms with van der Waals surface area (Å²) < 4.78 is 14.4. The van der Waals surface area contributed by atoms with Crippen molar-refractivity contribution in [3.8, 4) is 0 Å². The lowest BCUT2D eigenvalue weighted by Crippen LogP contribution is -1.95. The van der Waals surface area contributed by atoms with Crippen LogP contribution in [-0.2, 0) is 7.05 Å². The molecule has 0 atom stereocenters. The second-order valence-electron chi connectivity index (χ2n) is 2.55. The van der Waals surface area contributed by atoms with E-state index in [4.69, 9.17) is 5.73 Å². The molecule has 0 unspecified atom stereocenters.